The lowest BCUT2D eigenvalue weighted by atomic mass is 10.1. The average molecular weight is 405 g/mol. The first-order valence-corrected chi connectivity index (χ1v) is 10.8. The Morgan fingerprint density at radius 3 is 1.97 bits per heavy atom. The number of hydrogen-bond donors (Lipinski definition) is 0. The van der Waals surface area contributed by atoms with E-state index in [9.17, 15) is 13.0 Å². The van der Waals surface area contributed by atoms with Crippen LogP contribution in [-0.2, 0) is 16.7 Å². The van der Waals surface area contributed by atoms with Crippen LogP contribution in [0.15, 0.2) is 83.3 Å². The molecule has 0 unspecified atom stereocenters. The van der Waals surface area contributed by atoms with E-state index in [-0.39, 0.29) is 12.2 Å². The molecule has 146 valence electrons. The summed E-state index contributed by atoms with van der Waals surface area (Å²) in [5.74, 6) is -0.357. The molecule has 0 radical (unpaired) electrons. The zero-order chi connectivity index (χ0) is 20.3. The highest BCUT2D eigenvalue weighted by Crippen LogP contribution is 2.36. The third-order valence-electron chi connectivity index (χ3n) is 4.75. The molecule has 0 N–H and O–H groups in total. The Kier molecular flexibility index (Phi) is 5.33. The van der Waals surface area contributed by atoms with E-state index in [0.29, 0.717) is 6.54 Å². The maximum Gasteiger partial charge on any atom is 0.169 e. The first kappa shape index (κ1) is 19.2. The highest BCUT2D eigenvalue weighted by atomic mass is 32.2. The van der Waals surface area contributed by atoms with Crippen molar-refractivity contribution in [1.29, 1.82) is 0 Å². The summed E-state index contributed by atoms with van der Waals surface area (Å²) in [6.45, 7) is 0.467. The van der Waals surface area contributed by atoms with Crippen LogP contribution in [0.1, 0.15) is 23.1 Å². The Morgan fingerprint density at radius 1 is 0.862 bits per heavy atom. The van der Waals surface area contributed by atoms with Gasteiger partial charge in [-0.2, -0.15) is 5.10 Å². The molecule has 0 fully saturated rings. The van der Waals surface area contributed by atoms with E-state index in [1.54, 1.807) is 6.21 Å². The van der Waals surface area contributed by atoms with E-state index in [1.165, 1.54) is 0 Å². The molecule has 6 nitrogen and oxygen atoms in total. The van der Waals surface area contributed by atoms with E-state index in [4.69, 9.17) is 0 Å². The second-order valence-corrected chi connectivity index (χ2v) is 8.29. The fraction of sp³-hybridized carbons (Fsp3) is 0.136. The summed E-state index contributed by atoms with van der Waals surface area (Å²) in [6.07, 6.45) is 5.62. The zero-order valence-electron chi connectivity index (χ0n) is 15.6. The monoisotopic (exact) mass is 405 g/mol. The maximum absolute atomic E-state index is 10.7. The van der Waals surface area contributed by atoms with Crippen LogP contribution in [0.4, 0.5) is 0 Å². The number of fused-ring (bicyclic) bond motifs is 3. The highest BCUT2D eigenvalue weighted by molar-refractivity contribution is 7.85. The van der Waals surface area contributed by atoms with Crippen molar-refractivity contribution in [2.24, 2.45) is 10.2 Å². The fourth-order valence-corrected chi connectivity index (χ4v) is 3.87. The van der Waals surface area contributed by atoms with Crippen molar-refractivity contribution in [2.45, 2.75) is 13.0 Å². The predicted octanol–water partition coefficient (Wildman–Crippen LogP) is 2.76. The maximum atomic E-state index is 10.7. The second kappa shape index (κ2) is 8.06. The smallest absolute Gasteiger partial charge is 0.169 e. The molecule has 1 heterocycles. The summed E-state index contributed by atoms with van der Waals surface area (Å²) >= 11 is 0. The van der Waals surface area contributed by atoms with Gasteiger partial charge in [-0.25, -0.2) is 13.0 Å². The highest BCUT2D eigenvalue weighted by Gasteiger charge is 2.23. The van der Waals surface area contributed by atoms with Crippen molar-refractivity contribution in [2.75, 3.05) is 5.75 Å². The van der Waals surface area contributed by atoms with E-state index < -0.39 is 10.1 Å². The van der Waals surface area contributed by atoms with Crippen molar-refractivity contribution in [3.63, 3.8) is 0 Å². The van der Waals surface area contributed by atoms with Gasteiger partial charge in [0.2, 0.25) is 0 Å². The normalized spacial score (nSPS) is 12.8. The molecule has 1 aliphatic carbocycles. The number of hydrogen-bond acceptors (Lipinski definition) is 5. The van der Waals surface area contributed by atoms with Crippen LogP contribution >= 0.6 is 0 Å². The molecule has 29 heavy (non-hydrogen) atoms. The van der Waals surface area contributed by atoms with Gasteiger partial charge in [-0.3, -0.25) is 0 Å². The molecule has 2 aromatic carbocycles. The van der Waals surface area contributed by atoms with Gasteiger partial charge in [0.1, 0.15) is 12.3 Å². The summed E-state index contributed by atoms with van der Waals surface area (Å²) in [5.41, 5.74) is 6.21. The minimum absolute atomic E-state index is 0.288. The zero-order valence-corrected chi connectivity index (χ0v) is 16.4. The topological polar surface area (TPSA) is 85.8 Å². The number of rotatable bonds is 6. The fourth-order valence-electron chi connectivity index (χ4n) is 3.38. The third-order valence-corrected chi connectivity index (χ3v) is 5.54. The predicted molar refractivity (Wildman–Crippen MR) is 111 cm³/mol. The van der Waals surface area contributed by atoms with Crippen LogP contribution in [0.5, 0.6) is 0 Å². The molecule has 1 aromatic heterocycles. The Morgan fingerprint density at radius 2 is 1.41 bits per heavy atom. The molecule has 0 saturated heterocycles. The average Bonchev–Trinajstić information content (AvgIpc) is 3.03. The van der Waals surface area contributed by atoms with E-state index in [2.05, 4.69) is 34.5 Å². The largest absolute Gasteiger partial charge is 0.748 e. The van der Waals surface area contributed by atoms with Crippen LogP contribution in [0.2, 0.25) is 0 Å². The molecule has 3 aromatic rings. The van der Waals surface area contributed by atoms with E-state index in [1.807, 2.05) is 53.4 Å². The molecular weight excluding hydrogens is 386 g/mol. The molecule has 4 rings (SSSR count). The lowest BCUT2D eigenvalue weighted by Gasteiger charge is -2.03. The number of aryl methyl sites for hydroxylation is 1. The van der Waals surface area contributed by atoms with E-state index in [0.717, 1.165) is 33.5 Å². The standard InChI is InChI=1S/C22H19N3O3S/c26-29(27,28)15-5-12-25-13-10-17(11-14-25)16-23-24-22-20-8-3-1-6-18(20)19-7-2-4-9-21(19)22/h1-4,6-11,13-14,16H,5,12,15H2. The SMILES string of the molecule is O=S(=O)([O-])CCC[n+]1ccc(/C=N/N=C2c3ccccc3-c3ccccc32)cc1. The van der Waals surface area contributed by atoms with Crippen molar-refractivity contribution in [3.8, 4) is 11.1 Å². The van der Waals surface area contributed by atoms with Crippen LogP contribution in [-0.4, -0.2) is 30.6 Å². The minimum Gasteiger partial charge on any atom is -0.748 e. The molecule has 0 amide bonds. The summed E-state index contributed by atoms with van der Waals surface area (Å²) < 4.78 is 33.8. The number of pyridine rings is 1. The molecule has 0 atom stereocenters. The number of benzene rings is 2. The van der Waals surface area contributed by atoms with Gasteiger partial charge in [0.25, 0.3) is 0 Å². The second-order valence-electron chi connectivity index (χ2n) is 6.77. The molecule has 1 aliphatic rings. The van der Waals surface area contributed by atoms with Gasteiger partial charge in [0, 0.05) is 41.0 Å². The Bertz CT molecular complexity index is 1150. The summed E-state index contributed by atoms with van der Waals surface area (Å²) in [7, 11) is -4.16. The Labute approximate surface area is 169 Å². The molecule has 0 spiro atoms. The van der Waals surface area contributed by atoms with Gasteiger partial charge in [0.05, 0.1) is 16.3 Å². The molecule has 0 aliphatic heterocycles. The molecule has 0 bridgehead atoms. The summed E-state index contributed by atoms with van der Waals surface area (Å²) in [5, 5.41) is 8.76. The Hall–Kier alpha value is -3.16. The minimum atomic E-state index is -4.16. The molecular formula is C22H19N3O3S. The van der Waals surface area contributed by atoms with Crippen molar-refractivity contribution >= 4 is 22.0 Å². The van der Waals surface area contributed by atoms with Gasteiger partial charge >= 0.3 is 0 Å². The van der Waals surface area contributed by atoms with Crippen LogP contribution in [0, 0.1) is 0 Å². The third kappa shape index (κ3) is 4.47. The van der Waals surface area contributed by atoms with Crippen LogP contribution in [0.3, 0.4) is 0 Å². The van der Waals surface area contributed by atoms with Crippen molar-refractivity contribution in [1.82, 2.24) is 0 Å². The van der Waals surface area contributed by atoms with Gasteiger partial charge in [-0.05, 0) is 11.1 Å². The first-order chi connectivity index (χ1) is 14.0. The molecule has 0 saturated carbocycles. The van der Waals surface area contributed by atoms with Crippen molar-refractivity contribution in [3.05, 3.63) is 89.7 Å². The quantitative estimate of drug-likeness (QED) is 0.214. The van der Waals surface area contributed by atoms with Gasteiger partial charge in [-0.15, -0.1) is 5.10 Å². The first-order valence-electron chi connectivity index (χ1n) is 9.24. The van der Waals surface area contributed by atoms with Crippen LogP contribution < -0.4 is 4.57 Å². The number of nitrogens with zero attached hydrogens (tertiary/aromatic N) is 3. The van der Waals surface area contributed by atoms with Gasteiger partial charge in [0.15, 0.2) is 12.4 Å². The summed E-state index contributed by atoms with van der Waals surface area (Å²) in [6, 6.07) is 20.1. The lowest BCUT2D eigenvalue weighted by Crippen LogP contribution is -2.33. The van der Waals surface area contributed by atoms with Gasteiger partial charge in [-0.1, -0.05) is 48.5 Å². The molecule has 7 heteroatoms. The van der Waals surface area contributed by atoms with E-state index >= 15 is 0 Å². The van der Waals surface area contributed by atoms with Crippen LogP contribution in [0.25, 0.3) is 11.1 Å². The Balaban J connectivity index is 1.49. The lowest BCUT2D eigenvalue weighted by molar-refractivity contribution is -0.696. The van der Waals surface area contributed by atoms with Gasteiger partial charge < -0.3 is 4.55 Å². The van der Waals surface area contributed by atoms with Crippen molar-refractivity contribution < 1.29 is 17.5 Å². The summed E-state index contributed by atoms with van der Waals surface area (Å²) in [4.78, 5) is 0. The number of aromatic nitrogens is 1.